The van der Waals surface area contributed by atoms with Crippen molar-refractivity contribution in [3.05, 3.63) is 16.1 Å². The summed E-state index contributed by atoms with van der Waals surface area (Å²) in [7, 11) is 0. The molecule has 1 heterocycles. The van der Waals surface area contributed by atoms with Gasteiger partial charge in [-0.15, -0.1) is 11.3 Å². The molecule has 0 fully saturated rings. The lowest BCUT2D eigenvalue weighted by atomic mass is 10.3. The van der Waals surface area contributed by atoms with Gasteiger partial charge in [0.2, 0.25) is 5.91 Å². The van der Waals surface area contributed by atoms with Gasteiger partial charge in [0.15, 0.2) is 0 Å². The molecule has 1 rings (SSSR count). The van der Waals surface area contributed by atoms with Crippen LogP contribution in [0.5, 0.6) is 0 Å². The monoisotopic (exact) mass is 255 g/mol. The Labute approximate surface area is 107 Å². The first-order chi connectivity index (χ1) is 8.13. The Balaban J connectivity index is 2.23. The Morgan fingerprint density at radius 1 is 1.59 bits per heavy atom. The maximum absolute atomic E-state index is 11.5. The maximum atomic E-state index is 11.5. The highest BCUT2D eigenvalue weighted by Gasteiger charge is 2.10. The van der Waals surface area contributed by atoms with Crippen molar-refractivity contribution in [2.45, 2.75) is 39.7 Å². The molecule has 17 heavy (non-hydrogen) atoms. The zero-order chi connectivity index (χ0) is 12.7. The molecule has 0 aliphatic carbocycles. The normalized spacial score (nSPS) is 12.4. The van der Waals surface area contributed by atoms with Crippen molar-refractivity contribution in [1.82, 2.24) is 15.6 Å². The predicted octanol–water partition coefficient (Wildman–Crippen LogP) is 2.02. The van der Waals surface area contributed by atoms with E-state index in [0.29, 0.717) is 6.54 Å². The Kier molecular flexibility index (Phi) is 6.15. The predicted molar refractivity (Wildman–Crippen MR) is 71.2 cm³/mol. The zero-order valence-corrected chi connectivity index (χ0v) is 11.6. The molecule has 0 aliphatic rings. The number of nitrogens with one attached hydrogen (secondary N) is 2. The first-order valence-electron chi connectivity index (χ1n) is 6.06. The number of hydrogen-bond donors (Lipinski definition) is 2. The number of hydrogen-bond acceptors (Lipinski definition) is 4. The number of amides is 1. The van der Waals surface area contributed by atoms with Crippen molar-refractivity contribution < 1.29 is 4.79 Å². The highest BCUT2D eigenvalue weighted by atomic mass is 32.1. The van der Waals surface area contributed by atoms with Gasteiger partial charge in [-0.25, -0.2) is 4.98 Å². The van der Waals surface area contributed by atoms with Crippen LogP contribution in [0.4, 0.5) is 0 Å². The number of unbranched alkanes of at least 4 members (excludes halogenated alkanes) is 1. The summed E-state index contributed by atoms with van der Waals surface area (Å²) in [4.78, 5) is 17.0. The topological polar surface area (TPSA) is 54.0 Å². The van der Waals surface area contributed by atoms with E-state index in [1.807, 2.05) is 20.0 Å². The van der Waals surface area contributed by atoms with Gasteiger partial charge in [-0.3, -0.25) is 10.1 Å². The summed E-state index contributed by atoms with van der Waals surface area (Å²) >= 11 is 1.66. The van der Waals surface area contributed by atoms with Crippen LogP contribution in [0.25, 0.3) is 0 Å². The van der Waals surface area contributed by atoms with Crippen LogP contribution in [-0.4, -0.2) is 24.0 Å². The maximum Gasteiger partial charge on any atom is 0.233 e. The van der Waals surface area contributed by atoms with Crippen molar-refractivity contribution in [3.8, 4) is 0 Å². The Hall–Kier alpha value is -0.940. The molecule has 0 aliphatic heterocycles. The second-order valence-electron chi connectivity index (χ2n) is 4.12. The molecule has 1 aromatic heterocycles. The van der Waals surface area contributed by atoms with Crippen LogP contribution in [0.1, 0.15) is 42.6 Å². The highest BCUT2D eigenvalue weighted by Crippen LogP contribution is 2.18. The van der Waals surface area contributed by atoms with Crippen LogP contribution in [0.15, 0.2) is 6.20 Å². The molecule has 1 amide bonds. The standard InChI is InChI=1S/C12H21N3OS/c1-4-5-6-13-11(16)8-14-10(3)12-15-7-9(2)17-12/h7,10,14H,4-6,8H2,1-3H3,(H,13,16). The minimum atomic E-state index is 0.0542. The highest BCUT2D eigenvalue weighted by molar-refractivity contribution is 7.11. The van der Waals surface area contributed by atoms with Gasteiger partial charge in [0.05, 0.1) is 12.6 Å². The summed E-state index contributed by atoms with van der Waals surface area (Å²) in [5.74, 6) is 0.0542. The summed E-state index contributed by atoms with van der Waals surface area (Å²) in [6, 6.07) is 0.130. The fraction of sp³-hybridized carbons (Fsp3) is 0.667. The lowest BCUT2D eigenvalue weighted by Crippen LogP contribution is -2.35. The van der Waals surface area contributed by atoms with Crippen LogP contribution >= 0.6 is 11.3 Å². The fourth-order valence-electron chi connectivity index (χ4n) is 1.37. The van der Waals surface area contributed by atoms with Crippen molar-refractivity contribution in [2.24, 2.45) is 0 Å². The lowest BCUT2D eigenvalue weighted by molar-refractivity contribution is -0.120. The SMILES string of the molecule is CCCCNC(=O)CNC(C)c1ncc(C)s1. The van der Waals surface area contributed by atoms with Crippen LogP contribution < -0.4 is 10.6 Å². The van der Waals surface area contributed by atoms with Crippen LogP contribution in [0.2, 0.25) is 0 Å². The van der Waals surface area contributed by atoms with E-state index in [1.165, 1.54) is 4.88 Å². The average molecular weight is 255 g/mol. The van der Waals surface area contributed by atoms with E-state index in [2.05, 4.69) is 22.5 Å². The number of aryl methyl sites for hydroxylation is 1. The first-order valence-corrected chi connectivity index (χ1v) is 6.87. The molecule has 0 spiro atoms. The lowest BCUT2D eigenvalue weighted by Gasteiger charge is -2.11. The van der Waals surface area contributed by atoms with Crippen molar-refractivity contribution in [3.63, 3.8) is 0 Å². The van der Waals surface area contributed by atoms with E-state index in [9.17, 15) is 4.79 Å². The first kappa shape index (κ1) is 14.1. The van der Waals surface area contributed by atoms with Gasteiger partial charge in [-0.1, -0.05) is 13.3 Å². The van der Waals surface area contributed by atoms with Crippen molar-refractivity contribution in [1.29, 1.82) is 0 Å². The summed E-state index contributed by atoms with van der Waals surface area (Å²) in [6.07, 6.45) is 4.00. The molecule has 96 valence electrons. The molecule has 5 heteroatoms. The molecule has 4 nitrogen and oxygen atoms in total. The molecule has 0 aromatic carbocycles. The van der Waals surface area contributed by atoms with E-state index in [0.717, 1.165) is 24.4 Å². The van der Waals surface area contributed by atoms with E-state index in [-0.39, 0.29) is 11.9 Å². The smallest absolute Gasteiger partial charge is 0.233 e. The molecule has 1 unspecified atom stereocenters. The Morgan fingerprint density at radius 3 is 2.94 bits per heavy atom. The van der Waals surface area contributed by atoms with Gasteiger partial charge < -0.3 is 5.32 Å². The summed E-state index contributed by atoms with van der Waals surface area (Å²) in [5, 5.41) is 7.08. The molecule has 0 saturated carbocycles. The van der Waals surface area contributed by atoms with Gasteiger partial charge >= 0.3 is 0 Å². The van der Waals surface area contributed by atoms with Crippen molar-refractivity contribution in [2.75, 3.05) is 13.1 Å². The number of carbonyl (C=O) groups is 1. The summed E-state index contributed by atoms with van der Waals surface area (Å²) in [5.41, 5.74) is 0. The van der Waals surface area contributed by atoms with Crippen molar-refractivity contribution >= 4 is 17.2 Å². The Bertz CT molecular complexity index is 351. The van der Waals surface area contributed by atoms with Gasteiger partial charge in [-0.05, 0) is 20.3 Å². The molecule has 0 bridgehead atoms. The number of carbonyl (C=O) groups excluding carboxylic acids is 1. The minimum absolute atomic E-state index is 0.0542. The molecule has 1 atom stereocenters. The second-order valence-corrected chi connectivity index (χ2v) is 5.38. The van der Waals surface area contributed by atoms with Gasteiger partial charge in [-0.2, -0.15) is 0 Å². The van der Waals surface area contributed by atoms with Gasteiger partial charge in [0.1, 0.15) is 5.01 Å². The molecular weight excluding hydrogens is 234 g/mol. The van der Waals surface area contributed by atoms with E-state index < -0.39 is 0 Å². The largest absolute Gasteiger partial charge is 0.355 e. The van der Waals surface area contributed by atoms with Crippen LogP contribution in [0, 0.1) is 6.92 Å². The summed E-state index contributed by atoms with van der Waals surface area (Å²) in [6.45, 7) is 7.28. The second kappa shape index (κ2) is 7.40. The van der Waals surface area contributed by atoms with Gasteiger partial charge in [0, 0.05) is 17.6 Å². The molecule has 2 N–H and O–H groups in total. The van der Waals surface area contributed by atoms with E-state index in [1.54, 1.807) is 11.3 Å². The van der Waals surface area contributed by atoms with Gasteiger partial charge in [0.25, 0.3) is 0 Å². The number of nitrogens with zero attached hydrogens (tertiary/aromatic N) is 1. The van der Waals surface area contributed by atoms with Crippen LogP contribution in [0.3, 0.4) is 0 Å². The quantitative estimate of drug-likeness (QED) is 0.733. The zero-order valence-electron chi connectivity index (χ0n) is 10.7. The molecule has 1 aromatic rings. The number of thiazole rings is 1. The fourth-order valence-corrected chi connectivity index (χ4v) is 2.17. The Morgan fingerprint density at radius 2 is 2.35 bits per heavy atom. The molecular formula is C12H21N3OS. The number of aromatic nitrogens is 1. The third kappa shape index (κ3) is 5.28. The summed E-state index contributed by atoms with van der Waals surface area (Å²) < 4.78 is 0. The molecule has 0 saturated heterocycles. The minimum Gasteiger partial charge on any atom is -0.355 e. The molecule has 0 radical (unpaired) electrons. The third-order valence-electron chi connectivity index (χ3n) is 2.43. The average Bonchev–Trinajstić information content (AvgIpc) is 2.73. The van der Waals surface area contributed by atoms with E-state index in [4.69, 9.17) is 0 Å². The van der Waals surface area contributed by atoms with Crippen LogP contribution in [-0.2, 0) is 4.79 Å². The third-order valence-corrected chi connectivity index (χ3v) is 3.53. The van der Waals surface area contributed by atoms with E-state index >= 15 is 0 Å². The number of rotatable bonds is 7.